The molecule has 0 unspecified atom stereocenters. The maximum absolute atomic E-state index is 6.03. The number of imidazole rings is 1. The van der Waals surface area contributed by atoms with E-state index in [4.69, 9.17) is 16.6 Å². The summed E-state index contributed by atoms with van der Waals surface area (Å²) in [6, 6.07) is 26.2. The first-order chi connectivity index (χ1) is 11.8. The Bertz CT molecular complexity index is 999. The van der Waals surface area contributed by atoms with Crippen molar-refractivity contribution in [3.63, 3.8) is 0 Å². The summed E-state index contributed by atoms with van der Waals surface area (Å²) in [5, 5.41) is 0.726. The van der Waals surface area contributed by atoms with Gasteiger partial charge in [-0.2, -0.15) is 0 Å². The molecule has 0 bridgehead atoms. The Morgan fingerprint density at radius 3 is 2.25 bits per heavy atom. The van der Waals surface area contributed by atoms with Crippen molar-refractivity contribution < 1.29 is 0 Å². The second kappa shape index (κ2) is 6.34. The van der Waals surface area contributed by atoms with Gasteiger partial charge in [0.05, 0.1) is 11.0 Å². The molecule has 1 heterocycles. The lowest BCUT2D eigenvalue weighted by Gasteiger charge is -2.07. The lowest BCUT2D eigenvalue weighted by atomic mass is 10.2. The lowest BCUT2D eigenvalue weighted by molar-refractivity contribution is 1.07. The minimum Gasteiger partial charge on any atom is -0.293 e. The molecule has 0 N–H and O–H groups in total. The van der Waals surface area contributed by atoms with Gasteiger partial charge in [0.2, 0.25) is 0 Å². The maximum atomic E-state index is 6.03. The quantitative estimate of drug-likeness (QED) is 0.460. The van der Waals surface area contributed by atoms with Crippen LogP contribution in [0.25, 0.3) is 28.9 Å². The Hall–Kier alpha value is -2.84. The Morgan fingerprint density at radius 2 is 1.46 bits per heavy atom. The SMILES string of the molecule is Clc1ccc(-n2c(/C=C/c3ccccc3)nc3ccccc32)cc1. The molecule has 3 aromatic carbocycles. The smallest absolute Gasteiger partial charge is 0.138 e. The first-order valence-electron chi connectivity index (χ1n) is 7.78. The summed E-state index contributed by atoms with van der Waals surface area (Å²) in [5.41, 5.74) is 4.24. The van der Waals surface area contributed by atoms with Crippen LogP contribution in [0.15, 0.2) is 78.9 Å². The van der Waals surface area contributed by atoms with Gasteiger partial charge < -0.3 is 0 Å². The number of aromatic nitrogens is 2. The van der Waals surface area contributed by atoms with Gasteiger partial charge in [0, 0.05) is 10.7 Å². The zero-order valence-electron chi connectivity index (χ0n) is 12.9. The first kappa shape index (κ1) is 14.7. The minimum atomic E-state index is 0.726. The van der Waals surface area contributed by atoms with E-state index in [1.807, 2.05) is 66.7 Å². The van der Waals surface area contributed by atoms with Crippen molar-refractivity contribution >= 4 is 34.8 Å². The maximum Gasteiger partial charge on any atom is 0.138 e. The van der Waals surface area contributed by atoms with Crippen LogP contribution in [0.2, 0.25) is 5.02 Å². The fourth-order valence-electron chi connectivity index (χ4n) is 2.75. The summed E-state index contributed by atoms with van der Waals surface area (Å²) in [7, 11) is 0. The highest BCUT2D eigenvalue weighted by Crippen LogP contribution is 2.24. The van der Waals surface area contributed by atoms with Gasteiger partial charge >= 0.3 is 0 Å². The molecule has 0 saturated carbocycles. The number of benzene rings is 3. The molecule has 0 spiro atoms. The summed E-state index contributed by atoms with van der Waals surface area (Å²) in [5.74, 6) is 0.891. The number of nitrogens with zero attached hydrogens (tertiary/aromatic N) is 2. The molecule has 0 aliphatic heterocycles. The molecular weight excluding hydrogens is 316 g/mol. The fraction of sp³-hybridized carbons (Fsp3) is 0. The molecule has 4 rings (SSSR count). The number of fused-ring (bicyclic) bond motifs is 1. The average molecular weight is 331 g/mol. The van der Waals surface area contributed by atoms with Crippen LogP contribution in [0, 0.1) is 0 Å². The Morgan fingerprint density at radius 1 is 0.750 bits per heavy atom. The highest BCUT2D eigenvalue weighted by molar-refractivity contribution is 6.30. The van der Waals surface area contributed by atoms with Crippen molar-refractivity contribution in [1.29, 1.82) is 0 Å². The van der Waals surface area contributed by atoms with Crippen LogP contribution in [-0.2, 0) is 0 Å². The molecule has 2 nitrogen and oxygen atoms in total. The normalized spacial score (nSPS) is 11.4. The number of hydrogen-bond donors (Lipinski definition) is 0. The molecule has 0 amide bonds. The van der Waals surface area contributed by atoms with Gasteiger partial charge in [-0.25, -0.2) is 4.98 Å². The molecule has 0 aliphatic rings. The zero-order valence-corrected chi connectivity index (χ0v) is 13.7. The van der Waals surface area contributed by atoms with Crippen molar-refractivity contribution in [2.45, 2.75) is 0 Å². The van der Waals surface area contributed by atoms with Gasteiger partial charge in [-0.1, -0.05) is 60.1 Å². The molecule has 0 saturated heterocycles. The lowest BCUT2D eigenvalue weighted by Crippen LogP contribution is -1.96. The molecule has 0 fully saturated rings. The van der Waals surface area contributed by atoms with Crippen LogP contribution in [0.1, 0.15) is 11.4 Å². The minimum absolute atomic E-state index is 0.726. The van der Waals surface area contributed by atoms with Gasteiger partial charge in [-0.05, 0) is 48.0 Å². The highest BCUT2D eigenvalue weighted by atomic mass is 35.5. The van der Waals surface area contributed by atoms with Gasteiger partial charge in [0.25, 0.3) is 0 Å². The summed E-state index contributed by atoms with van der Waals surface area (Å²) in [4.78, 5) is 4.77. The van der Waals surface area contributed by atoms with Crippen molar-refractivity contribution in [2.24, 2.45) is 0 Å². The number of rotatable bonds is 3. The number of para-hydroxylation sites is 2. The second-order valence-electron chi connectivity index (χ2n) is 5.51. The third kappa shape index (κ3) is 2.84. The van der Waals surface area contributed by atoms with Crippen molar-refractivity contribution in [1.82, 2.24) is 9.55 Å². The predicted octanol–water partition coefficient (Wildman–Crippen LogP) is 5.85. The molecule has 1 aromatic heterocycles. The van der Waals surface area contributed by atoms with E-state index in [1.165, 1.54) is 0 Å². The molecule has 24 heavy (non-hydrogen) atoms. The van der Waals surface area contributed by atoms with E-state index in [9.17, 15) is 0 Å². The largest absolute Gasteiger partial charge is 0.293 e. The van der Waals surface area contributed by atoms with E-state index < -0.39 is 0 Å². The van der Waals surface area contributed by atoms with Crippen LogP contribution < -0.4 is 0 Å². The first-order valence-corrected chi connectivity index (χ1v) is 8.16. The molecule has 116 valence electrons. The highest BCUT2D eigenvalue weighted by Gasteiger charge is 2.09. The third-order valence-corrected chi connectivity index (χ3v) is 4.15. The molecule has 0 aliphatic carbocycles. The van der Waals surface area contributed by atoms with Crippen LogP contribution >= 0.6 is 11.6 Å². The topological polar surface area (TPSA) is 17.8 Å². The average Bonchev–Trinajstić information content (AvgIpc) is 3.00. The fourth-order valence-corrected chi connectivity index (χ4v) is 2.88. The van der Waals surface area contributed by atoms with Gasteiger partial charge in [0.1, 0.15) is 5.82 Å². The van der Waals surface area contributed by atoms with E-state index in [1.54, 1.807) is 0 Å². The van der Waals surface area contributed by atoms with Gasteiger partial charge in [-0.15, -0.1) is 0 Å². The van der Waals surface area contributed by atoms with Crippen LogP contribution in [0.3, 0.4) is 0 Å². The Labute approximate surface area is 145 Å². The zero-order chi connectivity index (χ0) is 16.4. The van der Waals surface area contributed by atoms with Crippen molar-refractivity contribution in [3.8, 4) is 5.69 Å². The van der Waals surface area contributed by atoms with E-state index in [0.717, 1.165) is 33.1 Å². The molecule has 0 radical (unpaired) electrons. The number of halogens is 1. The molecule has 0 atom stereocenters. The van der Waals surface area contributed by atoms with Gasteiger partial charge in [0.15, 0.2) is 0 Å². The summed E-state index contributed by atoms with van der Waals surface area (Å²) < 4.78 is 2.14. The summed E-state index contributed by atoms with van der Waals surface area (Å²) >= 11 is 6.03. The van der Waals surface area contributed by atoms with E-state index in [-0.39, 0.29) is 0 Å². The second-order valence-corrected chi connectivity index (χ2v) is 5.95. The molecule has 4 aromatic rings. The van der Waals surface area contributed by atoms with Crippen molar-refractivity contribution in [3.05, 3.63) is 95.3 Å². The standard InChI is InChI=1S/C21H15ClN2/c22-17-11-13-18(14-12-17)24-20-9-5-4-8-19(20)23-21(24)15-10-16-6-2-1-3-7-16/h1-15H/b15-10+. The van der Waals surface area contributed by atoms with E-state index in [2.05, 4.69) is 28.8 Å². The monoisotopic (exact) mass is 330 g/mol. The van der Waals surface area contributed by atoms with E-state index >= 15 is 0 Å². The Kier molecular flexibility index (Phi) is 3.89. The third-order valence-electron chi connectivity index (χ3n) is 3.90. The predicted molar refractivity (Wildman–Crippen MR) is 101 cm³/mol. The van der Waals surface area contributed by atoms with E-state index in [0.29, 0.717) is 0 Å². The van der Waals surface area contributed by atoms with Crippen LogP contribution in [-0.4, -0.2) is 9.55 Å². The molecule has 3 heteroatoms. The summed E-state index contributed by atoms with van der Waals surface area (Å²) in [6.07, 6.45) is 4.12. The number of hydrogen-bond acceptors (Lipinski definition) is 1. The Balaban J connectivity index is 1.87. The summed E-state index contributed by atoms with van der Waals surface area (Å²) in [6.45, 7) is 0. The van der Waals surface area contributed by atoms with Crippen LogP contribution in [0.5, 0.6) is 0 Å². The van der Waals surface area contributed by atoms with Crippen LogP contribution in [0.4, 0.5) is 0 Å². The molecular formula is C21H15ClN2. The van der Waals surface area contributed by atoms with Crippen molar-refractivity contribution in [2.75, 3.05) is 0 Å². The van der Waals surface area contributed by atoms with Gasteiger partial charge in [-0.3, -0.25) is 4.57 Å².